The van der Waals surface area contributed by atoms with Crippen LogP contribution in [-0.4, -0.2) is 11.2 Å². The Labute approximate surface area is 127 Å². The van der Waals surface area contributed by atoms with Gasteiger partial charge in [0, 0.05) is 0 Å². The van der Waals surface area contributed by atoms with Crippen LogP contribution in [0, 0.1) is 0 Å². The van der Waals surface area contributed by atoms with Crippen molar-refractivity contribution >= 4 is 0 Å². The zero-order valence-corrected chi connectivity index (χ0v) is 14.1. The Morgan fingerprint density at radius 1 is 0.700 bits per heavy atom. The van der Waals surface area contributed by atoms with Crippen LogP contribution in [0.4, 0.5) is 0 Å². The lowest BCUT2D eigenvalue weighted by atomic mass is 10.1. The summed E-state index contributed by atoms with van der Waals surface area (Å²) < 4.78 is 0. The molecule has 1 atom stereocenters. The summed E-state index contributed by atoms with van der Waals surface area (Å²) in [5, 5.41) is 9.15. The van der Waals surface area contributed by atoms with Crippen LogP contribution in [0.25, 0.3) is 0 Å². The Bertz CT molecular complexity index is 196. The Morgan fingerprint density at radius 3 is 1.65 bits per heavy atom. The summed E-state index contributed by atoms with van der Waals surface area (Å²) in [6.45, 7) is 4.16. The molecule has 0 aliphatic rings. The van der Waals surface area contributed by atoms with Gasteiger partial charge in [0.25, 0.3) is 0 Å². The molecule has 0 spiro atoms. The summed E-state index contributed by atoms with van der Waals surface area (Å²) in [6, 6.07) is 0. The molecule has 0 rings (SSSR count). The predicted molar refractivity (Wildman–Crippen MR) is 91.1 cm³/mol. The van der Waals surface area contributed by atoms with Crippen molar-refractivity contribution in [3.05, 3.63) is 12.2 Å². The first kappa shape index (κ1) is 19.7. The second kappa shape index (κ2) is 16.8. The molecule has 0 aliphatic carbocycles. The van der Waals surface area contributed by atoms with Gasteiger partial charge in [-0.05, 0) is 39.0 Å². The van der Waals surface area contributed by atoms with E-state index in [9.17, 15) is 0 Å². The molecule has 1 heteroatoms. The molecule has 0 bridgehead atoms. The highest BCUT2D eigenvalue weighted by Gasteiger charge is 1.95. The number of unbranched alkanes of at least 4 members (excludes halogenated alkanes) is 11. The van der Waals surface area contributed by atoms with Crippen molar-refractivity contribution in [2.24, 2.45) is 0 Å². The molecule has 1 N–H and O–H groups in total. The summed E-state index contributed by atoms with van der Waals surface area (Å²) in [5.41, 5.74) is 0. The van der Waals surface area contributed by atoms with Gasteiger partial charge in [-0.3, -0.25) is 0 Å². The number of allylic oxidation sites excluding steroid dienone is 2. The van der Waals surface area contributed by atoms with Crippen LogP contribution < -0.4 is 0 Å². The average Bonchev–Trinajstić information content (AvgIpc) is 2.43. The van der Waals surface area contributed by atoms with Crippen LogP contribution in [0.2, 0.25) is 0 Å². The van der Waals surface area contributed by atoms with Gasteiger partial charge in [0.1, 0.15) is 0 Å². The summed E-state index contributed by atoms with van der Waals surface area (Å²) in [7, 11) is 0. The van der Waals surface area contributed by atoms with E-state index in [0.29, 0.717) is 0 Å². The smallest absolute Gasteiger partial charge is 0.0512 e. The molecule has 0 aliphatic heterocycles. The fourth-order valence-electron chi connectivity index (χ4n) is 2.51. The molecule has 1 nitrogen and oxygen atoms in total. The summed E-state index contributed by atoms with van der Waals surface area (Å²) in [4.78, 5) is 0. The number of aliphatic hydroxyl groups excluding tert-OH is 1. The number of hydrogen-bond acceptors (Lipinski definition) is 1. The Balaban J connectivity index is 3.05. The maximum absolute atomic E-state index is 9.15. The molecular weight excluding hydrogens is 244 g/mol. The van der Waals surface area contributed by atoms with E-state index in [1.54, 1.807) is 0 Å². The molecule has 0 fully saturated rings. The normalized spacial score (nSPS) is 13.2. The molecule has 0 aromatic rings. The van der Waals surface area contributed by atoms with Crippen LogP contribution in [0.5, 0.6) is 0 Å². The zero-order valence-electron chi connectivity index (χ0n) is 14.1. The van der Waals surface area contributed by atoms with Gasteiger partial charge in [-0.2, -0.15) is 0 Å². The highest BCUT2D eigenvalue weighted by molar-refractivity contribution is 4.81. The molecule has 0 radical (unpaired) electrons. The maximum Gasteiger partial charge on any atom is 0.0512 e. The van der Waals surface area contributed by atoms with Crippen LogP contribution in [0.3, 0.4) is 0 Å². The number of aliphatic hydroxyl groups is 1. The van der Waals surface area contributed by atoms with Crippen LogP contribution in [0.1, 0.15) is 104 Å². The van der Waals surface area contributed by atoms with E-state index >= 15 is 0 Å². The van der Waals surface area contributed by atoms with Gasteiger partial charge in [-0.15, -0.1) is 0 Å². The van der Waals surface area contributed by atoms with E-state index in [1.165, 1.54) is 83.5 Å². The molecule has 0 aromatic heterocycles. The molecule has 0 saturated carbocycles. The van der Waals surface area contributed by atoms with Crippen LogP contribution >= 0.6 is 0 Å². The quantitative estimate of drug-likeness (QED) is 0.272. The van der Waals surface area contributed by atoms with Crippen molar-refractivity contribution in [1.82, 2.24) is 0 Å². The van der Waals surface area contributed by atoms with Gasteiger partial charge < -0.3 is 5.11 Å². The molecule has 0 amide bonds. The molecule has 0 saturated heterocycles. The van der Waals surface area contributed by atoms with Gasteiger partial charge in [-0.1, -0.05) is 76.9 Å². The molecule has 0 aromatic carbocycles. The van der Waals surface area contributed by atoms with Crippen molar-refractivity contribution in [2.75, 3.05) is 0 Å². The maximum atomic E-state index is 9.15. The zero-order chi connectivity index (χ0) is 14.9. The third-order valence-corrected chi connectivity index (χ3v) is 3.88. The first-order valence-corrected chi connectivity index (χ1v) is 9.10. The fraction of sp³-hybridized carbons (Fsp3) is 0.895. The summed E-state index contributed by atoms with van der Waals surface area (Å²) in [5.74, 6) is 0. The van der Waals surface area contributed by atoms with E-state index < -0.39 is 0 Å². The summed E-state index contributed by atoms with van der Waals surface area (Å²) >= 11 is 0. The Kier molecular flexibility index (Phi) is 16.5. The Morgan fingerprint density at radius 2 is 1.15 bits per heavy atom. The van der Waals surface area contributed by atoms with E-state index in [-0.39, 0.29) is 6.10 Å². The third-order valence-electron chi connectivity index (χ3n) is 3.88. The average molecular weight is 283 g/mol. The molecule has 1 unspecified atom stereocenters. The number of hydrogen-bond donors (Lipinski definition) is 1. The minimum atomic E-state index is -0.111. The highest BCUT2D eigenvalue weighted by atomic mass is 16.3. The second-order valence-electron chi connectivity index (χ2n) is 6.22. The minimum absolute atomic E-state index is 0.111. The van der Waals surface area contributed by atoms with E-state index in [4.69, 9.17) is 5.11 Å². The fourth-order valence-corrected chi connectivity index (χ4v) is 2.51. The van der Waals surface area contributed by atoms with Crippen LogP contribution in [0.15, 0.2) is 12.2 Å². The van der Waals surface area contributed by atoms with E-state index in [0.717, 1.165) is 6.42 Å². The highest BCUT2D eigenvalue weighted by Crippen LogP contribution is 2.10. The minimum Gasteiger partial charge on any atom is -0.393 e. The molecular formula is C19H38O. The van der Waals surface area contributed by atoms with Crippen molar-refractivity contribution < 1.29 is 5.11 Å². The first-order valence-electron chi connectivity index (χ1n) is 9.10. The summed E-state index contributed by atoms with van der Waals surface area (Å²) in [6.07, 6.45) is 23.0. The SMILES string of the molecule is CCCCCCCCC=CCCCCCCCC(C)O. The van der Waals surface area contributed by atoms with Gasteiger partial charge in [-0.25, -0.2) is 0 Å². The van der Waals surface area contributed by atoms with Crippen molar-refractivity contribution in [2.45, 2.75) is 110 Å². The Hall–Kier alpha value is -0.300. The van der Waals surface area contributed by atoms with E-state index in [1.807, 2.05) is 6.92 Å². The van der Waals surface area contributed by atoms with Crippen LogP contribution in [-0.2, 0) is 0 Å². The molecule has 20 heavy (non-hydrogen) atoms. The monoisotopic (exact) mass is 282 g/mol. The van der Waals surface area contributed by atoms with E-state index in [2.05, 4.69) is 19.1 Å². The van der Waals surface area contributed by atoms with Gasteiger partial charge in [0.2, 0.25) is 0 Å². The topological polar surface area (TPSA) is 20.2 Å². The second-order valence-corrected chi connectivity index (χ2v) is 6.22. The van der Waals surface area contributed by atoms with Gasteiger partial charge in [0.15, 0.2) is 0 Å². The van der Waals surface area contributed by atoms with Gasteiger partial charge >= 0.3 is 0 Å². The van der Waals surface area contributed by atoms with Gasteiger partial charge in [0.05, 0.1) is 6.10 Å². The lowest BCUT2D eigenvalue weighted by molar-refractivity contribution is 0.180. The standard InChI is InChI=1S/C19H38O/c1-3-4-5-6-7-8-9-10-11-12-13-14-15-16-17-18-19(2)20/h10-11,19-20H,3-9,12-18H2,1-2H3. The number of rotatable bonds is 15. The third kappa shape index (κ3) is 17.7. The first-order chi connectivity index (χ1) is 9.77. The predicted octanol–water partition coefficient (Wildman–Crippen LogP) is 6.40. The van der Waals surface area contributed by atoms with Crippen molar-refractivity contribution in [3.8, 4) is 0 Å². The van der Waals surface area contributed by atoms with Crippen molar-refractivity contribution in [3.63, 3.8) is 0 Å². The van der Waals surface area contributed by atoms with Crippen molar-refractivity contribution in [1.29, 1.82) is 0 Å². The molecule has 0 heterocycles. The largest absolute Gasteiger partial charge is 0.393 e. The lowest BCUT2D eigenvalue weighted by Crippen LogP contribution is -1.98. The molecule has 120 valence electrons. The lowest BCUT2D eigenvalue weighted by Gasteiger charge is -2.03.